The van der Waals surface area contributed by atoms with Crippen LogP contribution in [0.5, 0.6) is 5.75 Å². The molecule has 0 radical (unpaired) electrons. The van der Waals surface area contributed by atoms with Gasteiger partial charge in [-0.1, -0.05) is 6.07 Å². The van der Waals surface area contributed by atoms with Crippen LogP contribution in [-0.4, -0.2) is 40.1 Å². The number of ether oxygens (including phenoxy) is 1. The predicted octanol–water partition coefficient (Wildman–Crippen LogP) is 2.51. The maximum atomic E-state index is 13.8. The summed E-state index contributed by atoms with van der Waals surface area (Å²) in [7, 11) is -2.17. The van der Waals surface area contributed by atoms with Gasteiger partial charge in [0.1, 0.15) is 11.6 Å². The summed E-state index contributed by atoms with van der Waals surface area (Å²) >= 11 is 0. The van der Waals surface area contributed by atoms with E-state index < -0.39 is 27.7 Å². The number of carbonyl (C=O) groups is 2. The number of aryl methyl sites for hydroxylation is 1. The Morgan fingerprint density at radius 3 is 2.63 bits per heavy atom. The van der Waals surface area contributed by atoms with Gasteiger partial charge in [-0.05, 0) is 42.8 Å². The first-order valence-electron chi connectivity index (χ1n) is 9.10. The van der Waals surface area contributed by atoms with Crippen molar-refractivity contribution in [3.05, 3.63) is 47.8 Å². The highest BCUT2D eigenvalue weighted by Gasteiger charge is 2.36. The summed E-state index contributed by atoms with van der Waals surface area (Å²) in [6.07, 6.45) is 0.911. The fourth-order valence-corrected chi connectivity index (χ4v) is 3.81. The third-order valence-electron chi connectivity index (χ3n) is 4.65. The lowest BCUT2D eigenvalue weighted by Gasteiger charge is -2.20. The highest BCUT2D eigenvalue weighted by Crippen LogP contribution is 2.34. The monoisotopic (exact) mass is 435 g/mol. The van der Waals surface area contributed by atoms with E-state index in [0.29, 0.717) is 11.4 Å². The van der Waals surface area contributed by atoms with Gasteiger partial charge >= 0.3 is 0 Å². The maximum absolute atomic E-state index is 13.8. The topological polar surface area (TPSA) is 105 Å². The second-order valence-corrected chi connectivity index (χ2v) is 8.89. The van der Waals surface area contributed by atoms with Crippen LogP contribution >= 0.6 is 0 Å². The minimum absolute atomic E-state index is 0.0125. The van der Waals surface area contributed by atoms with Gasteiger partial charge < -0.3 is 15.0 Å². The number of hydrogen-bond donors (Lipinski definition) is 2. The fourth-order valence-electron chi connectivity index (χ4n) is 3.25. The van der Waals surface area contributed by atoms with E-state index in [1.807, 2.05) is 19.1 Å². The minimum atomic E-state index is -3.68. The molecule has 30 heavy (non-hydrogen) atoms. The molecule has 2 amide bonds. The standard InChI is InChI=1S/C20H22FN3O5S/c1-12-4-7-18(29-2)17(8-12)24-11-13(9-19(24)25)20(26)22-14-5-6-15(21)16(10-14)23-30(3,27)28/h4-8,10,13,23H,9,11H2,1-3H3,(H,22,26)/t13-/m0/s1. The molecule has 1 fully saturated rings. The third-order valence-corrected chi connectivity index (χ3v) is 5.24. The van der Waals surface area contributed by atoms with Gasteiger partial charge in [0.15, 0.2) is 0 Å². The number of anilines is 3. The van der Waals surface area contributed by atoms with Crippen LogP contribution in [0.2, 0.25) is 0 Å². The van der Waals surface area contributed by atoms with E-state index in [4.69, 9.17) is 4.74 Å². The number of methoxy groups -OCH3 is 1. The molecular formula is C20H22FN3O5S. The van der Waals surface area contributed by atoms with Gasteiger partial charge in [-0.25, -0.2) is 12.8 Å². The van der Waals surface area contributed by atoms with E-state index >= 15 is 0 Å². The first-order chi connectivity index (χ1) is 14.1. The van der Waals surface area contributed by atoms with Gasteiger partial charge in [0.2, 0.25) is 21.8 Å². The Morgan fingerprint density at radius 2 is 1.97 bits per heavy atom. The summed E-state index contributed by atoms with van der Waals surface area (Å²) in [4.78, 5) is 26.7. The minimum Gasteiger partial charge on any atom is -0.495 e. The average Bonchev–Trinajstić information content (AvgIpc) is 3.05. The van der Waals surface area contributed by atoms with Crippen molar-refractivity contribution in [2.75, 3.05) is 34.8 Å². The molecule has 160 valence electrons. The quantitative estimate of drug-likeness (QED) is 0.726. The van der Waals surface area contributed by atoms with Crippen LogP contribution < -0.4 is 19.7 Å². The number of sulfonamides is 1. The van der Waals surface area contributed by atoms with E-state index in [2.05, 4.69) is 10.0 Å². The molecule has 0 spiro atoms. The number of benzene rings is 2. The zero-order chi connectivity index (χ0) is 22.1. The number of halogens is 1. The molecule has 3 rings (SSSR count). The lowest BCUT2D eigenvalue weighted by Crippen LogP contribution is -2.28. The van der Waals surface area contributed by atoms with Gasteiger partial charge in [0.25, 0.3) is 0 Å². The summed E-state index contributed by atoms with van der Waals surface area (Å²) in [5.74, 6) is -1.50. The third kappa shape index (κ3) is 4.88. The van der Waals surface area contributed by atoms with E-state index in [1.165, 1.54) is 24.1 Å². The molecule has 2 aromatic rings. The van der Waals surface area contributed by atoms with E-state index in [1.54, 1.807) is 6.07 Å². The maximum Gasteiger partial charge on any atom is 0.229 e. The Bertz CT molecular complexity index is 1100. The summed E-state index contributed by atoms with van der Waals surface area (Å²) in [6, 6.07) is 9.00. The summed E-state index contributed by atoms with van der Waals surface area (Å²) in [5, 5.41) is 2.62. The molecule has 1 aliphatic rings. The summed E-state index contributed by atoms with van der Waals surface area (Å²) in [6.45, 7) is 2.06. The van der Waals surface area contributed by atoms with Gasteiger partial charge in [0, 0.05) is 18.7 Å². The number of amides is 2. The van der Waals surface area contributed by atoms with Crippen molar-refractivity contribution in [3.8, 4) is 5.75 Å². The Kier molecular flexibility index (Phi) is 5.97. The fraction of sp³-hybridized carbons (Fsp3) is 0.300. The largest absolute Gasteiger partial charge is 0.495 e. The Balaban J connectivity index is 1.76. The molecule has 2 N–H and O–H groups in total. The summed E-state index contributed by atoms with van der Waals surface area (Å²) in [5.41, 5.74) is 1.48. The molecule has 0 aromatic heterocycles. The second-order valence-electron chi connectivity index (χ2n) is 7.14. The SMILES string of the molecule is COc1ccc(C)cc1N1C[C@@H](C(=O)Nc2ccc(F)c(NS(C)(=O)=O)c2)CC1=O. The van der Waals surface area contributed by atoms with Gasteiger partial charge in [-0.2, -0.15) is 0 Å². The highest BCUT2D eigenvalue weighted by atomic mass is 32.2. The zero-order valence-electron chi connectivity index (χ0n) is 16.7. The van der Waals surface area contributed by atoms with Gasteiger partial charge in [-0.3, -0.25) is 14.3 Å². The van der Waals surface area contributed by atoms with Gasteiger partial charge in [-0.15, -0.1) is 0 Å². The number of nitrogens with zero attached hydrogens (tertiary/aromatic N) is 1. The van der Waals surface area contributed by atoms with Crippen molar-refractivity contribution in [2.24, 2.45) is 5.92 Å². The lowest BCUT2D eigenvalue weighted by atomic mass is 10.1. The molecule has 2 aromatic carbocycles. The molecule has 0 aliphatic carbocycles. The molecule has 1 heterocycles. The number of rotatable bonds is 6. The number of carbonyl (C=O) groups excluding carboxylic acids is 2. The first kappa shape index (κ1) is 21.6. The smallest absolute Gasteiger partial charge is 0.229 e. The van der Waals surface area contributed by atoms with Crippen LogP contribution in [0.1, 0.15) is 12.0 Å². The molecular weight excluding hydrogens is 413 g/mol. The average molecular weight is 435 g/mol. The molecule has 0 unspecified atom stereocenters. The van der Waals surface area contributed by atoms with E-state index in [0.717, 1.165) is 17.9 Å². The zero-order valence-corrected chi connectivity index (χ0v) is 17.5. The first-order valence-corrected chi connectivity index (χ1v) is 11.0. The van der Waals surface area contributed by atoms with E-state index in [-0.39, 0.29) is 30.2 Å². The van der Waals surface area contributed by atoms with E-state index in [9.17, 15) is 22.4 Å². The Hall–Kier alpha value is -3.14. The van der Waals surface area contributed by atoms with Crippen LogP contribution in [0.25, 0.3) is 0 Å². The number of hydrogen-bond acceptors (Lipinski definition) is 5. The van der Waals surface area contributed by atoms with Crippen molar-refractivity contribution < 1.29 is 27.1 Å². The van der Waals surface area contributed by atoms with Crippen LogP contribution in [0.3, 0.4) is 0 Å². The summed E-state index contributed by atoms with van der Waals surface area (Å²) < 4.78 is 43.9. The van der Waals surface area contributed by atoms with Crippen molar-refractivity contribution in [1.29, 1.82) is 0 Å². The van der Waals surface area contributed by atoms with Crippen molar-refractivity contribution in [1.82, 2.24) is 0 Å². The Labute approximate surface area is 174 Å². The molecule has 10 heteroatoms. The Morgan fingerprint density at radius 1 is 1.23 bits per heavy atom. The second kappa shape index (κ2) is 8.31. The van der Waals surface area contributed by atoms with Crippen molar-refractivity contribution >= 4 is 38.9 Å². The number of nitrogens with one attached hydrogen (secondary N) is 2. The molecule has 1 aliphatic heterocycles. The predicted molar refractivity (Wildman–Crippen MR) is 112 cm³/mol. The van der Waals surface area contributed by atoms with Crippen LogP contribution in [0.15, 0.2) is 36.4 Å². The van der Waals surface area contributed by atoms with Crippen molar-refractivity contribution in [3.63, 3.8) is 0 Å². The molecule has 1 atom stereocenters. The van der Waals surface area contributed by atoms with Gasteiger partial charge in [0.05, 0.1) is 30.7 Å². The van der Waals surface area contributed by atoms with Crippen LogP contribution in [0.4, 0.5) is 21.5 Å². The van der Waals surface area contributed by atoms with Crippen molar-refractivity contribution in [2.45, 2.75) is 13.3 Å². The highest BCUT2D eigenvalue weighted by molar-refractivity contribution is 7.92. The molecule has 0 bridgehead atoms. The molecule has 1 saturated heterocycles. The molecule has 0 saturated carbocycles. The normalized spacial score (nSPS) is 16.5. The van der Waals surface area contributed by atoms with Crippen LogP contribution in [-0.2, 0) is 19.6 Å². The van der Waals surface area contributed by atoms with Crippen LogP contribution in [0, 0.1) is 18.7 Å². The molecule has 8 nitrogen and oxygen atoms in total. The lowest BCUT2D eigenvalue weighted by molar-refractivity contribution is -0.122.